The summed E-state index contributed by atoms with van der Waals surface area (Å²) in [7, 11) is 1.96. The van der Waals surface area contributed by atoms with E-state index in [-0.39, 0.29) is 17.7 Å². The minimum absolute atomic E-state index is 0.181. The van der Waals surface area contributed by atoms with E-state index in [1.54, 1.807) is 0 Å². The Morgan fingerprint density at radius 3 is 2.89 bits per heavy atom. The van der Waals surface area contributed by atoms with E-state index in [0.29, 0.717) is 12.8 Å². The number of hydrogen-bond donors (Lipinski definition) is 1. The number of imide groups is 1. The van der Waals surface area contributed by atoms with E-state index in [4.69, 9.17) is 0 Å². The minimum Gasteiger partial charge on any atom is -0.350 e. The van der Waals surface area contributed by atoms with Crippen molar-refractivity contribution < 1.29 is 9.59 Å². The molecule has 1 aromatic carbocycles. The minimum atomic E-state index is -0.258. The van der Waals surface area contributed by atoms with Gasteiger partial charge in [0.15, 0.2) is 0 Å². The zero-order valence-corrected chi connectivity index (χ0v) is 12.0. The van der Waals surface area contributed by atoms with E-state index in [9.17, 15) is 9.59 Å². The molecular weight excluding hydrogens is 308 g/mol. The van der Waals surface area contributed by atoms with Crippen LogP contribution in [-0.4, -0.2) is 16.4 Å². The second kappa shape index (κ2) is 4.49. The number of carbonyl (C=O) groups is 2. The summed E-state index contributed by atoms with van der Waals surface area (Å²) in [6.45, 7) is 0. The summed E-state index contributed by atoms with van der Waals surface area (Å²) >= 11 is 3.48. The topological polar surface area (TPSA) is 51.1 Å². The Bertz CT molecular complexity index is 690. The number of amides is 2. The average Bonchev–Trinajstić information content (AvgIpc) is 2.70. The maximum absolute atomic E-state index is 12.0. The van der Waals surface area contributed by atoms with Crippen molar-refractivity contribution in [2.75, 3.05) is 0 Å². The van der Waals surface area contributed by atoms with Gasteiger partial charge in [0.1, 0.15) is 0 Å². The van der Waals surface area contributed by atoms with Gasteiger partial charge in [0.25, 0.3) is 0 Å². The fourth-order valence-corrected chi connectivity index (χ4v) is 3.19. The number of hydrogen-bond acceptors (Lipinski definition) is 2. The molecule has 0 bridgehead atoms. The zero-order chi connectivity index (χ0) is 13.6. The Kier molecular flexibility index (Phi) is 2.93. The van der Waals surface area contributed by atoms with Crippen LogP contribution in [0.15, 0.2) is 28.9 Å². The summed E-state index contributed by atoms with van der Waals surface area (Å²) in [5, 5.41) is 3.52. The van der Waals surface area contributed by atoms with Gasteiger partial charge in [0.05, 0.1) is 11.4 Å². The van der Waals surface area contributed by atoms with Gasteiger partial charge in [-0.2, -0.15) is 0 Å². The summed E-state index contributed by atoms with van der Waals surface area (Å²) in [6.07, 6.45) is 2.95. The first kappa shape index (κ1) is 12.4. The van der Waals surface area contributed by atoms with Gasteiger partial charge >= 0.3 is 0 Å². The van der Waals surface area contributed by atoms with Crippen LogP contribution in [0.1, 0.15) is 24.3 Å². The van der Waals surface area contributed by atoms with E-state index in [0.717, 1.165) is 20.9 Å². The number of aromatic nitrogens is 1. The van der Waals surface area contributed by atoms with Crippen molar-refractivity contribution in [1.82, 2.24) is 9.88 Å². The number of benzene rings is 1. The van der Waals surface area contributed by atoms with Crippen LogP contribution in [-0.2, 0) is 16.6 Å². The molecule has 1 aliphatic heterocycles. The van der Waals surface area contributed by atoms with Crippen LogP contribution < -0.4 is 5.32 Å². The number of fused-ring (bicyclic) bond motifs is 1. The lowest BCUT2D eigenvalue weighted by Crippen LogP contribution is -2.39. The molecule has 2 heterocycles. The molecule has 1 atom stereocenters. The van der Waals surface area contributed by atoms with Crippen LogP contribution in [0.5, 0.6) is 0 Å². The number of nitrogens with one attached hydrogen (secondary N) is 1. The molecule has 0 radical (unpaired) electrons. The van der Waals surface area contributed by atoms with Crippen LogP contribution in [0, 0.1) is 0 Å². The standard InChI is InChI=1S/C14H13BrN2O2/c1-17-5-4-8-6-9(15)7-11(13(8)17)10-2-3-12(18)16-14(10)19/h4-7,10H,2-3H2,1H3,(H,16,18,19). The molecule has 19 heavy (non-hydrogen) atoms. The van der Waals surface area contributed by atoms with E-state index < -0.39 is 0 Å². The third kappa shape index (κ3) is 2.08. The highest BCUT2D eigenvalue weighted by atomic mass is 79.9. The molecule has 1 saturated heterocycles. The number of carbonyl (C=O) groups excluding carboxylic acids is 2. The van der Waals surface area contributed by atoms with E-state index >= 15 is 0 Å². The first-order chi connectivity index (χ1) is 9.06. The maximum Gasteiger partial charge on any atom is 0.234 e. The average molecular weight is 321 g/mol. The highest BCUT2D eigenvalue weighted by molar-refractivity contribution is 9.10. The SMILES string of the molecule is Cn1ccc2cc(Br)cc(C3CCC(=O)NC3=O)c21. The molecule has 0 saturated carbocycles. The molecule has 2 aromatic rings. The van der Waals surface area contributed by atoms with Crippen molar-refractivity contribution in [3.63, 3.8) is 0 Å². The first-order valence-electron chi connectivity index (χ1n) is 6.14. The molecule has 3 rings (SSSR count). The van der Waals surface area contributed by atoms with Gasteiger partial charge < -0.3 is 4.57 Å². The molecule has 1 fully saturated rings. The molecular formula is C14H13BrN2O2. The number of halogens is 1. The molecule has 5 heteroatoms. The zero-order valence-electron chi connectivity index (χ0n) is 10.4. The fraction of sp³-hybridized carbons (Fsp3) is 0.286. The summed E-state index contributed by atoms with van der Waals surface area (Å²) in [4.78, 5) is 23.3. The summed E-state index contributed by atoms with van der Waals surface area (Å²) in [5.41, 5.74) is 2.03. The van der Waals surface area contributed by atoms with Gasteiger partial charge in [0.2, 0.25) is 11.8 Å². The van der Waals surface area contributed by atoms with Crippen molar-refractivity contribution in [2.24, 2.45) is 7.05 Å². The van der Waals surface area contributed by atoms with Crippen LogP contribution in [0.4, 0.5) is 0 Å². The Hall–Kier alpha value is -1.62. The molecule has 0 spiro atoms. The van der Waals surface area contributed by atoms with E-state index in [1.807, 2.05) is 36.0 Å². The lowest BCUT2D eigenvalue weighted by molar-refractivity contribution is -0.134. The molecule has 4 nitrogen and oxygen atoms in total. The van der Waals surface area contributed by atoms with Gasteiger partial charge in [-0.25, -0.2) is 0 Å². The van der Waals surface area contributed by atoms with Crippen molar-refractivity contribution in [3.05, 3.63) is 34.4 Å². The van der Waals surface area contributed by atoms with Crippen LogP contribution in [0.25, 0.3) is 10.9 Å². The molecule has 98 valence electrons. The molecule has 0 aliphatic carbocycles. The third-order valence-electron chi connectivity index (χ3n) is 3.58. The maximum atomic E-state index is 12.0. The monoisotopic (exact) mass is 320 g/mol. The smallest absolute Gasteiger partial charge is 0.234 e. The Balaban J connectivity index is 2.16. The Morgan fingerprint density at radius 1 is 1.37 bits per heavy atom. The van der Waals surface area contributed by atoms with Crippen molar-refractivity contribution >= 4 is 38.6 Å². The van der Waals surface area contributed by atoms with Crippen molar-refractivity contribution in [1.29, 1.82) is 0 Å². The predicted molar refractivity (Wildman–Crippen MR) is 75.7 cm³/mol. The number of nitrogens with zero attached hydrogens (tertiary/aromatic N) is 1. The quantitative estimate of drug-likeness (QED) is 0.821. The summed E-state index contributed by atoms with van der Waals surface area (Å²) in [5.74, 6) is -0.637. The van der Waals surface area contributed by atoms with Crippen molar-refractivity contribution in [3.8, 4) is 0 Å². The third-order valence-corrected chi connectivity index (χ3v) is 4.04. The molecule has 1 aliphatic rings. The van der Waals surface area contributed by atoms with Gasteiger partial charge in [-0.15, -0.1) is 0 Å². The number of piperidine rings is 1. The van der Waals surface area contributed by atoms with E-state index in [1.165, 1.54) is 0 Å². The highest BCUT2D eigenvalue weighted by Crippen LogP contribution is 2.33. The lowest BCUT2D eigenvalue weighted by Gasteiger charge is -2.22. The second-order valence-corrected chi connectivity index (χ2v) is 5.78. The predicted octanol–water partition coefficient (Wildman–Crippen LogP) is 2.46. The Morgan fingerprint density at radius 2 is 2.16 bits per heavy atom. The highest BCUT2D eigenvalue weighted by Gasteiger charge is 2.30. The van der Waals surface area contributed by atoms with Crippen molar-refractivity contribution in [2.45, 2.75) is 18.8 Å². The molecule has 2 amide bonds. The van der Waals surface area contributed by atoms with Crippen LogP contribution in [0.2, 0.25) is 0 Å². The van der Waals surface area contributed by atoms with Crippen LogP contribution >= 0.6 is 15.9 Å². The summed E-state index contributed by atoms with van der Waals surface area (Å²) < 4.78 is 2.96. The fourth-order valence-electron chi connectivity index (χ4n) is 2.70. The molecule has 1 unspecified atom stereocenters. The first-order valence-corrected chi connectivity index (χ1v) is 6.94. The van der Waals surface area contributed by atoms with Gasteiger partial charge in [-0.1, -0.05) is 15.9 Å². The van der Waals surface area contributed by atoms with Crippen LogP contribution in [0.3, 0.4) is 0 Å². The van der Waals surface area contributed by atoms with Gasteiger partial charge in [-0.3, -0.25) is 14.9 Å². The number of rotatable bonds is 1. The van der Waals surface area contributed by atoms with Gasteiger partial charge in [-0.05, 0) is 30.2 Å². The van der Waals surface area contributed by atoms with Gasteiger partial charge in [0, 0.05) is 29.5 Å². The second-order valence-electron chi connectivity index (χ2n) is 4.86. The normalized spacial score (nSPS) is 19.8. The molecule has 1 aromatic heterocycles. The number of aryl methyl sites for hydroxylation is 1. The summed E-state index contributed by atoms with van der Waals surface area (Å²) in [6, 6.07) is 6.03. The van der Waals surface area contributed by atoms with E-state index in [2.05, 4.69) is 21.2 Å². The molecule has 1 N–H and O–H groups in total. The lowest BCUT2D eigenvalue weighted by atomic mass is 9.89. The Labute approximate surface area is 118 Å². The largest absolute Gasteiger partial charge is 0.350 e.